The van der Waals surface area contributed by atoms with Crippen LogP contribution in [0.15, 0.2) is 18.2 Å². The number of nitrogens with one attached hydrogen (secondary N) is 1. The van der Waals surface area contributed by atoms with E-state index < -0.39 is 0 Å². The third-order valence-electron chi connectivity index (χ3n) is 4.51. The van der Waals surface area contributed by atoms with Crippen LogP contribution in [0.2, 0.25) is 0 Å². The van der Waals surface area contributed by atoms with Crippen LogP contribution >= 0.6 is 0 Å². The van der Waals surface area contributed by atoms with Crippen LogP contribution in [0.5, 0.6) is 5.75 Å². The normalized spacial score (nSPS) is 17.3. The minimum atomic E-state index is -0.374. The van der Waals surface area contributed by atoms with Gasteiger partial charge in [0.15, 0.2) is 5.75 Å². The second-order valence-corrected chi connectivity index (χ2v) is 5.98. The van der Waals surface area contributed by atoms with Gasteiger partial charge in [-0.25, -0.2) is 0 Å². The molecule has 1 aliphatic carbocycles. The molecule has 1 aromatic rings. The Morgan fingerprint density at radius 2 is 2.19 bits per heavy atom. The summed E-state index contributed by atoms with van der Waals surface area (Å²) in [5.74, 6) is 0.325. The molecule has 1 unspecified atom stereocenters. The average molecular weight is 292 g/mol. The summed E-state index contributed by atoms with van der Waals surface area (Å²) in [4.78, 5) is 10.7. The maximum atomic E-state index is 11.1. The highest BCUT2D eigenvalue weighted by atomic mass is 16.6. The highest BCUT2D eigenvalue weighted by molar-refractivity contribution is 5.49. The van der Waals surface area contributed by atoms with Crippen molar-refractivity contribution in [3.05, 3.63) is 33.9 Å². The first-order valence-corrected chi connectivity index (χ1v) is 7.57. The van der Waals surface area contributed by atoms with E-state index in [1.807, 2.05) is 6.07 Å². The van der Waals surface area contributed by atoms with Crippen molar-refractivity contribution in [2.75, 3.05) is 13.7 Å². The van der Waals surface area contributed by atoms with Crippen LogP contribution < -0.4 is 10.1 Å². The molecule has 116 valence electrons. The van der Waals surface area contributed by atoms with Crippen molar-refractivity contribution >= 4 is 5.69 Å². The number of hydrogen-bond donors (Lipinski definition) is 1. The molecular weight excluding hydrogens is 268 g/mol. The van der Waals surface area contributed by atoms with Gasteiger partial charge in [-0.3, -0.25) is 10.1 Å². The number of methoxy groups -OCH3 is 1. The zero-order chi connectivity index (χ0) is 15.5. The van der Waals surface area contributed by atoms with E-state index in [0.29, 0.717) is 11.8 Å². The molecule has 2 rings (SSSR count). The second-order valence-electron chi connectivity index (χ2n) is 5.98. The van der Waals surface area contributed by atoms with Crippen LogP contribution in [0.3, 0.4) is 0 Å². The Labute approximate surface area is 125 Å². The number of nitro groups is 1. The summed E-state index contributed by atoms with van der Waals surface area (Å²) in [7, 11) is 1.46. The molecule has 0 heterocycles. The summed E-state index contributed by atoms with van der Waals surface area (Å²) in [5, 5.41) is 14.7. The van der Waals surface area contributed by atoms with Crippen molar-refractivity contribution in [3.8, 4) is 5.75 Å². The van der Waals surface area contributed by atoms with E-state index in [1.165, 1.54) is 20.0 Å². The minimum absolute atomic E-state index is 0.0555. The van der Waals surface area contributed by atoms with Crippen molar-refractivity contribution in [2.45, 2.75) is 45.6 Å². The monoisotopic (exact) mass is 292 g/mol. The SMILES string of the molecule is CCCNC(C)C1(Cc2ccc(OC)c([N+](=O)[O-])c2)CC1. The fourth-order valence-electron chi connectivity index (χ4n) is 2.90. The van der Waals surface area contributed by atoms with E-state index in [2.05, 4.69) is 19.2 Å². The highest BCUT2D eigenvalue weighted by Gasteiger charge is 2.47. The van der Waals surface area contributed by atoms with Gasteiger partial charge in [-0.2, -0.15) is 0 Å². The van der Waals surface area contributed by atoms with E-state index in [1.54, 1.807) is 12.1 Å². The lowest BCUT2D eigenvalue weighted by Crippen LogP contribution is -2.36. The summed E-state index contributed by atoms with van der Waals surface area (Å²) in [5.41, 5.74) is 1.34. The number of ether oxygens (including phenoxy) is 1. The van der Waals surface area contributed by atoms with Crippen molar-refractivity contribution < 1.29 is 9.66 Å². The lowest BCUT2D eigenvalue weighted by Gasteiger charge is -2.24. The van der Waals surface area contributed by atoms with Gasteiger partial charge in [-0.05, 0) is 56.2 Å². The van der Waals surface area contributed by atoms with Gasteiger partial charge in [-0.1, -0.05) is 13.0 Å². The Morgan fingerprint density at radius 3 is 2.71 bits per heavy atom. The molecule has 21 heavy (non-hydrogen) atoms. The highest BCUT2D eigenvalue weighted by Crippen LogP contribution is 2.51. The predicted molar refractivity (Wildman–Crippen MR) is 82.8 cm³/mol. The van der Waals surface area contributed by atoms with Crippen LogP contribution in [0.4, 0.5) is 5.69 Å². The fourth-order valence-corrected chi connectivity index (χ4v) is 2.90. The van der Waals surface area contributed by atoms with Gasteiger partial charge in [0, 0.05) is 12.1 Å². The number of hydrogen-bond acceptors (Lipinski definition) is 4. The van der Waals surface area contributed by atoms with Crippen molar-refractivity contribution in [1.82, 2.24) is 5.32 Å². The molecule has 0 spiro atoms. The Balaban J connectivity index is 2.12. The number of benzene rings is 1. The molecule has 1 aliphatic rings. The molecule has 1 saturated carbocycles. The fraction of sp³-hybridized carbons (Fsp3) is 0.625. The maximum absolute atomic E-state index is 11.1. The molecule has 0 radical (unpaired) electrons. The van der Waals surface area contributed by atoms with Crippen LogP contribution in [-0.4, -0.2) is 24.6 Å². The predicted octanol–water partition coefficient (Wildman–Crippen LogP) is 3.31. The summed E-state index contributed by atoms with van der Waals surface area (Å²) < 4.78 is 5.05. The van der Waals surface area contributed by atoms with Crippen LogP contribution in [-0.2, 0) is 6.42 Å². The summed E-state index contributed by atoms with van der Waals surface area (Å²) in [6.07, 6.45) is 4.37. The zero-order valence-electron chi connectivity index (χ0n) is 13.0. The molecule has 5 heteroatoms. The molecule has 0 amide bonds. The smallest absolute Gasteiger partial charge is 0.311 e. The maximum Gasteiger partial charge on any atom is 0.311 e. The first-order valence-electron chi connectivity index (χ1n) is 7.57. The van der Waals surface area contributed by atoms with Gasteiger partial charge in [0.25, 0.3) is 0 Å². The van der Waals surface area contributed by atoms with E-state index in [9.17, 15) is 10.1 Å². The van der Waals surface area contributed by atoms with E-state index in [0.717, 1.165) is 24.9 Å². The summed E-state index contributed by atoms with van der Waals surface area (Å²) in [6, 6.07) is 5.75. The number of nitro benzene ring substituents is 1. The molecule has 1 N–H and O–H groups in total. The van der Waals surface area contributed by atoms with Gasteiger partial charge >= 0.3 is 5.69 Å². The topological polar surface area (TPSA) is 64.4 Å². The van der Waals surface area contributed by atoms with E-state index in [-0.39, 0.29) is 16.0 Å². The molecule has 0 saturated heterocycles. The minimum Gasteiger partial charge on any atom is -0.490 e. The van der Waals surface area contributed by atoms with Crippen molar-refractivity contribution in [1.29, 1.82) is 0 Å². The third-order valence-corrected chi connectivity index (χ3v) is 4.51. The standard InChI is InChI=1S/C16H24N2O3/c1-4-9-17-12(2)16(7-8-16)11-13-5-6-15(21-3)14(10-13)18(19)20/h5-6,10,12,17H,4,7-9,11H2,1-3H3. The Hall–Kier alpha value is -1.62. The van der Waals surface area contributed by atoms with Crippen LogP contribution in [0, 0.1) is 15.5 Å². The van der Waals surface area contributed by atoms with Crippen LogP contribution in [0.25, 0.3) is 0 Å². The largest absolute Gasteiger partial charge is 0.490 e. The Kier molecular flexibility index (Phi) is 4.83. The molecule has 1 atom stereocenters. The van der Waals surface area contributed by atoms with Crippen molar-refractivity contribution in [2.24, 2.45) is 5.41 Å². The van der Waals surface area contributed by atoms with Gasteiger partial charge < -0.3 is 10.1 Å². The summed E-state index contributed by atoms with van der Waals surface area (Å²) in [6.45, 7) is 5.40. The number of rotatable bonds is 8. The molecule has 5 nitrogen and oxygen atoms in total. The van der Waals surface area contributed by atoms with Gasteiger partial charge in [0.1, 0.15) is 0 Å². The lowest BCUT2D eigenvalue weighted by atomic mass is 9.89. The third kappa shape index (κ3) is 3.53. The molecule has 0 aromatic heterocycles. The number of nitrogens with zero attached hydrogens (tertiary/aromatic N) is 1. The van der Waals surface area contributed by atoms with E-state index >= 15 is 0 Å². The quantitative estimate of drug-likeness (QED) is 0.589. The van der Waals surface area contributed by atoms with Crippen molar-refractivity contribution in [3.63, 3.8) is 0 Å². The first-order chi connectivity index (χ1) is 10.0. The second kappa shape index (κ2) is 6.43. The van der Waals surface area contributed by atoms with Gasteiger partial charge in [0.05, 0.1) is 12.0 Å². The van der Waals surface area contributed by atoms with E-state index in [4.69, 9.17) is 4.74 Å². The van der Waals surface area contributed by atoms with Gasteiger partial charge in [0.2, 0.25) is 0 Å². The Bertz CT molecular complexity index is 512. The molecular formula is C16H24N2O3. The molecule has 0 bridgehead atoms. The zero-order valence-corrected chi connectivity index (χ0v) is 13.0. The molecule has 1 aromatic carbocycles. The Morgan fingerprint density at radius 1 is 1.48 bits per heavy atom. The lowest BCUT2D eigenvalue weighted by molar-refractivity contribution is -0.385. The molecule has 0 aliphatic heterocycles. The first kappa shape index (κ1) is 15.8. The molecule has 1 fully saturated rings. The van der Waals surface area contributed by atoms with Crippen LogP contribution in [0.1, 0.15) is 38.7 Å². The summed E-state index contributed by atoms with van der Waals surface area (Å²) >= 11 is 0. The van der Waals surface area contributed by atoms with Gasteiger partial charge in [-0.15, -0.1) is 0 Å². The average Bonchev–Trinajstić information content (AvgIpc) is 3.25.